The van der Waals surface area contributed by atoms with E-state index in [2.05, 4.69) is 19.6 Å². The summed E-state index contributed by atoms with van der Waals surface area (Å²) >= 11 is 0. The summed E-state index contributed by atoms with van der Waals surface area (Å²) in [6.07, 6.45) is 0. The molecule has 0 rings (SSSR count). The normalized spacial score (nSPS) is 10.3. The van der Waals surface area contributed by atoms with Crippen LogP contribution >= 0.6 is 0 Å². The Hall–Kier alpha value is 0.651. The Kier molecular flexibility index (Phi) is 5.25. The fraction of sp³-hybridized carbons (Fsp3) is 1.00. The highest BCUT2D eigenvalue weighted by Crippen LogP contribution is 1.94. The SMILES string of the molecule is C[Si]C([Si]C)[Si]C. The minimum atomic E-state index is 1.07. The molecule has 38 valence electrons. The van der Waals surface area contributed by atoms with Gasteiger partial charge in [-0.25, -0.2) is 0 Å². The highest BCUT2D eigenvalue weighted by atomic mass is 28.3. The lowest BCUT2D eigenvalue weighted by molar-refractivity contribution is 1.71. The Bertz CT molecular complexity index is 28.4. The first-order valence-corrected chi connectivity index (χ1v) is 7.10. The first-order valence-electron chi connectivity index (χ1n) is 2.37. The zero-order chi connectivity index (χ0) is 5.70. The van der Waals surface area contributed by atoms with Crippen LogP contribution in [0.15, 0.2) is 0 Å². The van der Waals surface area contributed by atoms with Crippen LogP contribution in [0.25, 0.3) is 0 Å². The fourth-order valence-electron chi connectivity index (χ4n) is 0.433. The zero-order valence-electron chi connectivity index (χ0n) is 5.08. The van der Waals surface area contributed by atoms with Crippen LogP contribution in [0.2, 0.25) is 24.4 Å². The molecule has 7 heavy (non-hydrogen) atoms. The maximum Gasteiger partial charge on any atom is 0.0307 e. The van der Waals surface area contributed by atoms with Crippen LogP contribution < -0.4 is 0 Å². The largest absolute Gasteiger partial charge is 0.0735 e. The molecular weight excluding hydrogens is 132 g/mol. The van der Waals surface area contributed by atoms with Gasteiger partial charge < -0.3 is 0 Å². The Morgan fingerprint density at radius 1 is 0.857 bits per heavy atom. The van der Waals surface area contributed by atoms with Crippen molar-refractivity contribution in [3.05, 3.63) is 0 Å². The second-order valence-corrected chi connectivity index (χ2v) is 6.50. The molecule has 0 nitrogen and oxygen atoms in total. The number of hydrogen-bond donors (Lipinski definition) is 0. The molecule has 0 fully saturated rings. The summed E-state index contributed by atoms with van der Waals surface area (Å²) in [5, 5.41) is 0. The Balaban J connectivity index is 2.99. The standard InChI is InChI=1S/C4H10Si3/c1-5-4(6-2)7-3/h4H,1-3H3. The van der Waals surface area contributed by atoms with Gasteiger partial charge >= 0.3 is 0 Å². The van der Waals surface area contributed by atoms with Gasteiger partial charge in [-0.15, -0.1) is 0 Å². The smallest absolute Gasteiger partial charge is 0.0307 e. The molecule has 0 aliphatic carbocycles. The number of hydrogen-bond acceptors (Lipinski definition) is 0. The average Bonchev–Trinajstić information content (AvgIpc) is 1.72. The van der Waals surface area contributed by atoms with Crippen molar-refractivity contribution in [1.29, 1.82) is 0 Å². The van der Waals surface area contributed by atoms with Gasteiger partial charge in [0, 0.05) is 28.6 Å². The topological polar surface area (TPSA) is 0 Å². The van der Waals surface area contributed by atoms with Crippen LogP contribution in [0.3, 0.4) is 0 Å². The van der Waals surface area contributed by atoms with E-state index in [1.165, 1.54) is 28.6 Å². The zero-order valence-corrected chi connectivity index (χ0v) is 8.08. The van der Waals surface area contributed by atoms with Gasteiger partial charge in [-0.3, -0.25) is 0 Å². The van der Waals surface area contributed by atoms with E-state index in [0.29, 0.717) is 0 Å². The minimum absolute atomic E-state index is 1.07. The van der Waals surface area contributed by atoms with E-state index in [4.69, 9.17) is 0 Å². The van der Waals surface area contributed by atoms with Gasteiger partial charge in [0.15, 0.2) is 0 Å². The van der Waals surface area contributed by atoms with E-state index >= 15 is 0 Å². The maximum absolute atomic E-state index is 2.30. The summed E-state index contributed by atoms with van der Waals surface area (Å²) < 4.78 is 0. The highest BCUT2D eigenvalue weighted by Gasteiger charge is 1.99. The lowest BCUT2D eigenvalue weighted by Gasteiger charge is -2.02. The molecule has 0 aromatic carbocycles. The molecule has 0 spiro atoms. The molecule has 0 amide bonds. The quantitative estimate of drug-likeness (QED) is 0.515. The Labute approximate surface area is 53.6 Å². The molecule has 0 saturated heterocycles. The van der Waals surface area contributed by atoms with Crippen LogP contribution in [0.1, 0.15) is 0 Å². The van der Waals surface area contributed by atoms with E-state index in [-0.39, 0.29) is 0 Å². The lowest BCUT2D eigenvalue weighted by Crippen LogP contribution is -2.10. The van der Waals surface area contributed by atoms with E-state index in [1.807, 2.05) is 0 Å². The van der Waals surface area contributed by atoms with E-state index in [9.17, 15) is 0 Å². The van der Waals surface area contributed by atoms with Crippen molar-refractivity contribution < 1.29 is 0 Å². The summed E-state index contributed by atoms with van der Waals surface area (Å²) in [7, 11) is 3.52. The molecule has 6 radical (unpaired) electrons. The van der Waals surface area contributed by atoms with Gasteiger partial charge in [0.2, 0.25) is 0 Å². The molecule has 0 heterocycles. The predicted octanol–water partition coefficient (Wildman–Crippen LogP) is 0.947. The predicted molar refractivity (Wildman–Crippen MR) is 38.6 cm³/mol. The summed E-state index contributed by atoms with van der Waals surface area (Å²) in [5.41, 5.74) is 0. The van der Waals surface area contributed by atoms with Crippen molar-refractivity contribution in [2.24, 2.45) is 0 Å². The molecular formula is C4H10Si3. The Morgan fingerprint density at radius 3 is 1.14 bits per heavy atom. The van der Waals surface area contributed by atoms with Crippen LogP contribution in [0.5, 0.6) is 0 Å². The van der Waals surface area contributed by atoms with Gasteiger partial charge in [0.1, 0.15) is 0 Å². The third kappa shape index (κ3) is 3.25. The van der Waals surface area contributed by atoms with E-state index in [0.717, 1.165) is 4.79 Å². The van der Waals surface area contributed by atoms with Gasteiger partial charge in [-0.2, -0.15) is 0 Å². The number of rotatable bonds is 3. The first-order chi connectivity index (χ1) is 3.35. The summed E-state index contributed by atoms with van der Waals surface area (Å²) in [6.45, 7) is 6.91. The van der Waals surface area contributed by atoms with Gasteiger partial charge in [-0.05, 0) is 0 Å². The van der Waals surface area contributed by atoms with Crippen LogP contribution in [0, 0.1) is 0 Å². The van der Waals surface area contributed by atoms with Crippen molar-refractivity contribution in [2.75, 3.05) is 0 Å². The second-order valence-electron chi connectivity index (χ2n) is 1.30. The van der Waals surface area contributed by atoms with Crippen molar-refractivity contribution >= 4 is 28.6 Å². The molecule has 0 atom stereocenters. The molecule has 0 aromatic rings. The molecule has 0 saturated carbocycles. The highest BCUT2D eigenvalue weighted by molar-refractivity contribution is 6.74. The summed E-state index contributed by atoms with van der Waals surface area (Å²) in [5.74, 6) is 0. The van der Waals surface area contributed by atoms with Crippen molar-refractivity contribution in [1.82, 2.24) is 0 Å². The van der Waals surface area contributed by atoms with Gasteiger partial charge in [0.25, 0.3) is 0 Å². The fourth-order valence-corrected chi connectivity index (χ4v) is 3.90. The monoisotopic (exact) mass is 142 g/mol. The third-order valence-electron chi connectivity index (χ3n) is 0.866. The summed E-state index contributed by atoms with van der Waals surface area (Å²) in [6, 6.07) is 0. The third-order valence-corrected chi connectivity index (χ3v) is 7.79. The van der Waals surface area contributed by atoms with Crippen molar-refractivity contribution in [3.8, 4) is 0 Å². The van der Waals surface area contributed by atoms with Gasteiger partial charge in [0.05, 0.1) is 0 Å². The van der Waals surface area contributed by atoms with Crippen LogP contribution in [-0.2, 0) is 0 Å². The van der Waals surface area contributed by atoms with Crippen LogP contribution in [-0.4, -0.2) is 28.6 Å². The maximum atomic E-state index is 2.30. The molecule has 0 unspecified atom stereocenters. The molecule has 0 aromatic heterocycles. The molecule has 0 N–H and O–H groups in total. The van der Waals surface area contributed by atoms with Crippen LogP contribution in [0.4, 0.5) is 0 Å². The van der Waals surface area contributed by atoms with E-state index < -0.39 is 0 Å². The Morgan fingerprint density at radius 2 is 1.14 bits per heavy atom. The van der Waals surface area contributed by atoms with Crippen molar-refractivity contribution in [3.63, 3.8) is 0 Å². The molecule has 0 aliphatic heterocycles. The second kappa shape index (κ2) is 4.80. The van der Waals surface area contributed by atoms with Gasteiger partial charge in [-0.1, -0.05) is 24.4 Å². The minimum Gasteiger partial charge on any atom is -0.0735 e. The average molecular weight is 142 g/mol. The lowest BCUT2D eigenvalue weighted by atomic mass is 11.8. The molecule has 0 bridgehead atoms. The van der Waals surface area contributed by atoms with E-state index in [1.54, 1.807) is 0 Å². The molecule has 0 aliphatic rings. The summed E-state index contributed by atoms with van der Waals surface area (Å²) in [4.78, 5) is 1.07. The van der Waals surface area contributed by atoms with Crippen molar-refractivity contribution in [2.45, 2.75) is 24.4 Å². The molecule has 3 heteroatoms. The first kappa shape index (κ1) is 7.65.